The Bertz CT molecular complexity index is 1410. The van der Waals surface area contributed by atoms with E-state index in [4.69, 9.17) is 9.72 Å². The highest BCUT2D eigenvalue weighted by molar-refractivity contribution is 5.84. The van der Waals surface area contributed by atoms with Crippen molar-refractivity contribution in [3.8, 4) is 11.3 Å². The number of hydrogen-bond donors (Lipinski definition) is 2. The van der Waals surface area contributed by atoms with Crippen LogP contribution in [0.5, 0.6) is 0 Å². The van der Waals surface area contributed by atoms with Crippen LogP contribution in [0.3, 0.4) is 0 Å². The first-order chi connectivity index (χ1) is 15.7. The number of rotatable bonds is 4. The van der Waals surface area contributed by atoms with Crippen LogP contribution in [0.1, 0.15) is 5.56 Å². The van der Waals surface area contributed by atoms with E-state index in [-0.39, 0.29) is 0 Å². The Morgan fingerprint density at radius 3 is 2.88 bits per heavy atom. The van der Waals surface area contributed by atoms with Crippen LogP contribution in [0.2, 0.25) is 0 Å². The number of fused-ring (bicyclic) bond motifs is 2. The second-order valence-corrected chi connectivity index (χ2v) is 8.03. The van der Waals surface area contributed by atoms with E-state index in [9.17, 15) is 0 Å². The molecule has 1 saturated heterocycles. The number of aryl methyl sites for hydroxylation is 1. The monoisotopic (exact) mass is 425 g/mol. The first kappa shape index (κ1) is 18.8. The van der Waals surface area contributed by atoms with Gasteiger partial charge in [0.25, 0.3) is 0 Å². The minimum Gasteiger partial charge on any atom is -0.378 e. The van der Waals surface area contributed by atoms with Gasteiger partial charge in [0.15, 0.2) is 11.5 Å². The molecule has 160 valence electrons. The lowest BCUT2D eigenvalue weighted by Gasteiger charge is -2.30. The summed E-state index contributed by atoms with van der Waals surface area (Å²) in [7, 11) is 0. The van der Waals surface area contributed by atoms with Crippen LogP contribution in [0.15, 0.2) is 61.2 Å². The van der Waals surface area contributed by atoms with Gasteiger partial charge < -0.3 is 19.4 Å². The number of benzene rings is 2. The zero-order chi connectivity index (χ0) is 21.5. The standard InChI is InChI=1S/C24H23N7O/c1-16-12-19(4-5-22(16)30-8-10-32-11-9-30)27-23-24-25-6-7-31(24)15-21(28-23)17-2-3-18-14-26-29-20(18)13-17/h2-7,12-15H,8-11H2,1H3,(H,26,29)(H,27,28). The van der Waals surface area contributed by atoms with E-state index >= 15 is 0 Å². The van der Waals surface area contributed by atoms with Crippen molar-refractivity contribution >= 4 is 33.7 Å². The number of hydrogen-bond acceptors (Lipinski definition) is 6. The largest absolute Gasteiger partial charge is 0.378 e. The summed E-state index contributed by atoms with van der Waals surface area (Å²) in [6.45, 7) is 5.54. The van der Waals surface area contributed by atoms with Crippen LogP contribution in [-0.4, -0.2) is 50.9 Å². The highest BCUT2D eigenvalue weighted by Crippen LogP contribution is 2.29. The number of nitrogens with one attached hydrogen (secondary N) is 2. The smallest absolute Gasteiger partial charge is 0.180 e. The van der Waals surface area contributed by atoms with Gasteiger partial charge >= 0.3 is 0 Å². The Morgan fingerprint density at radius 1 is 1.09 bits per heavy atom. The van der Waals surface area contributed by atoms with Gasteiger partial charge in [0.1, 0.15) is 0 Å². The molecule has 0 unspecified atom stereocenters. The average Bonchev–Trinajstić information content (AvgIpc) is 3.48. The average molecular weight is 425 g/mol. The van der Waals surface area contributed by atoms with Crippen molar-refractivity contribution in [3.63, 3.8) is 0 Å². The molecule has 0 saturated carbocycles. The predicted molar refractivity (Wildman–Crippen MR) is 126 cm³/mol. The van der Waals surface area contributed by atoms with E-state index in [1.54, 1.807) is 6.20 Å². The number of nitrogens with zero attached hydrogens (tertiary/aromatic N) is 5. The molecule has 6 rings (SSSR count). The molecule has 32 heavy (non-hydrogen) atoms. The van der Waals surface area contributed by atoms with Crippen molar-refractivity contribution in [3.05, 3.63) is 66.7 Å². The zero-order valence-electron chi connectivity index (χ0n) is 17.7. The molecule has 0 amide bonds. The molecule has 2 aromatic carbocycles. The Balaban J connectivity index is 1.36. The van der Waals surface area contributed by atoms with Gasteiger partial charge in [-0.25, -0.2) is 9.97 Å². The molecule has 1 aliphatic heterocycles. The minimum atomic E-state index is 0.718. The normalized spacial score (nSPS) is 14.3. The first-order valence-corrected chi connectivity index (χ1v) is 10.7. The van der Waals surface area contributed by atoms with Crippen LogP contribution >= 0.6 is 0 Å². The number of imidazole rings is 1. The predicted octanol–water partition coefficient (Wildman–Crippen LogP) is 4.16. The molecule has 8 nitrogen and oxygen atoms in total. The number of H-pyrrole nitrogens is 1. The third-order valence-electron chi connectivity index (χ3n) is 5.92. The van der Waals surface area contributed by atoms with Crippen LogP contribution in [0, 0.1) is 6.92 Å². The maximum atomic E-state index is 5.49. The minimum absolute atomic E-state index is 0.718. The maximum absolute atomic E-state index is 5.49. The van der Waals surface area contributed by atoms with Gasteiger partial charge in [-0.1, -0.05) is 12.1 Å². The summed E-state index contributed by atoms with van der Waals surface area (Å²) in [6.07, 6.45) is 7.54. The SMILES string of the molecule is Cc1cc(Nc2nc(-c3ccc4cn[nH]c4c3)cn3ccnc23)ccc1N1CCOCC1. The van der Waals surface area contributed by atoms with Crippen molar-refractivity contribution in [2.24, 2.45) is 0 Å². The number of aromatic amines is 1. The summed E-state index contributed by atoms with van der Waals surface area (Å²) < 4.78 is 7.48. The van der Waals surface area contributed by atoms with Crippen LogP contribution in [-0.2, 0) is 4.74 Å². The van der Waals surface area contributed by atoms with Crippen molar-refractivity contribution in [1.29, 1.82) is 0 Å². The van der Waals surface area contributed by atoms with Crippen molar-refractivity contribution in [1.82, 2.24) is 24.6 Å². The molecule has 1 fully saturated rings. The Labute approximate surface area is 184 Å². The highest BCUT2D eigenvalue weighted by Gasteiger charge is 2.15. The number of aromatic nitrogens is 5. The molecular weight excluding hydrogens is 402 g/mol. The van der Waals surface area contributed by atoms with E-state index in [0.29, 0.717) is 0 Å². The van der Waals surface area contributed by atoms with E-state index in [0.717, 1.165) is 65.6 Å². The van der Waals surface area contributed by atoms with Gasteiger partial charge in [0.2, 0.25) is 0 Å². The zero-order valence-corrected chi connectivity index (χ0v) is 17.7. The summed E-state index contributed by atoms with van der Waals surface area (Å²) in [5.41, 5.74) is 7.09. The number of anilines is 3. The molecule has 0 bridgehead atoms. The molecule has 4 heterocycles. The summed E-state index contributed by atoms with van der Waals surface area (Å²) >= 11 is 0. The van der Waals surface area contributed by atoms with E-state index in [1.165, 1.54) is 11.3 Å². The Morgan fingerprint density at radius 2 is 2.00 bits per heavy atom. The van der Waals surface area contributed by atoms with Crippen molar-refractivity contribution in [2.75, 3.05) is 36.5 Å². The fourth-order valence-electron chi connectivity index (χ4n) is 4.28. The fourth-order valence-corrected chi connectivity index (χ4v) is 4.28. The van der Waals surface area contributed by atoms with Crippen molar-refractivity contribution < 1.29 is 4.74 Å². The molecule has 0 atom stereocenters. The first-order valence-electron chi connectivity index (χ1n) is 10.7. The van der Waals surface area contributed by atoms with Crippen LogP contribution in [0.4, 0.5) is 17.2 Å². The van der Waals surface area contributed by atoms with Crippen LogP contribution in [0.25, 0.3) is 27.8 Å². The van der Waals surface area contributed by atoms with E-state index in [2.05, 4.69) is 68.7 Å². The van der Waals surface area contributed by atoms with Crippen molar-refractivity contribution in [2.45, 2.75) is 6.92 Å². The summed E-state index contributed by atoms with van der Waals surface area (Å²) in [5.74, 6) is 0.718. The lowest BCUT2D eigenvalue weighted by molar-refractivity contribution is 0.122. The summed E-state index contributed by atoms with van der Waals surface area (Å²) in [6, 6.07) is 12.6. The molecule has 1 aliphatic rings. The molecule has 5 aromatic rings. The summed E-state index contributed by atoms with van der Waals surface area (Å²) in [5, 5.41) is 11.7. The third-order valence-corrected chi connectivity index (χ3v) is 5.92. The van der Waals surface area contributed by atoms with Crippen LogP contribution < -0.4 is 10.2 Å². The van der Waals surface area contributed by atoms with Gasteiger partial charge in [-0.3, -0.25) is 5.10 Å². The molecular formula is C24H23N7O. The quantitative estimate of drug-likeness (QED) is 0.450. The van der Waals surface area contributed by atoms with Gasteiger partial charge in [-0.15, -0.1) is 0 Å². The molecule has 3 aromatic heterocycles. The molecule has 2 N–H and O–H groups in total. The van der Waals surface area contributed by atoms with E-state index in [1.807, 2.05) is 23.0 Å². The van der Waals surface area contributed by atoms with Gasteiger partial charge in [0, 0.05) is 54.0 Å². The number of ether oxygens (including phenoxy) is 1. The maximum Gasteiger partial charge on any atom is 0.180 e. The second-order valence-electron chi connectivity index (χ2n) is 8.03. The van der Waals surface area contributed by atoms with Gasteiger partial charge in [-0.05, 0) is 36.8 Å². The molecule has 0 spiro atoms. The molecule has 8 heteroatoms. The molecule has 0 aliphatic carbocycles. The lowest BCUT2D eigenvalue weighted by atomic mass is 10.1. The molecule has 0 radical (unpaired) electrons. The van der Waals surface area contributed by atoms with Gasteiger partial charge in [-0.2, -0.15) is 5.10 Å². The van der Waals surface area contributed by atoms with E-state index < -0.39 is 0 Å². The second kappa shape index (κ2) is 7.65. The highest BCUT2D eigenvalue weighted by atomic mass is 16.5. The topological polar surface area (TPSA) is 83.4 Å². The number of morpholine rings is 1. The Hall–Kier alpha value is -3.91. The third kappa shape index (κ3) is 3.34. The summed E-state index contributed by atoms with van der Waals surface area (Å²) in [4.78, 5) is 11.8. The van der Waals surface area contributed by atoms with Gasteiger partial charge in [0.05, 0.1) is 30.6 Å². The fraction of sp³-hybridized carbons (Fsp3) is 0.208. The Kier molecular flexibility index (Phi) is 4.50. The lowest BCUT2D eigenvalue weighted by Crippen LogP contribution is -2.36.